The summed E-state index contributed by atoms with van der Waals surface area (Å²) in [7, 11) is 1.31. The Labute approximate surface area is 163 Å². The third kappa shape index (κ3) is 10.6. The Hall–Kier alpha value is -2.05. The minimum Gasteiger partial charge on any atom is -0.471 e. The number of nitrogens with two attached hydrogens (primary N) is 1. The molecule has 156 valence electrons. The van der Waals surface area contributed by atoms with Crippen LogP contribution in [0, 0.1) is 5.41 Å². The van der Waals surface area contributed by atoms with Crippen LogP contribution >= 0.6 is 0 Å². The predicted molar refractivity (Wildman–Crippen MR) is 105 cm³/mol. The minimum atomic E-state index is -0.725. The minimum absolute atomic E-state index is 0.0321. The van der Waals surface area contributed by atoms with Crippen molar-refractivity contribution in [3.63, 3.8) is 0 Å². The second-order valence-electron chi connectivity index (χ2n) is 8.55. The number of rotatable bonds is 1. The number of fused-ring (bicyclic) bond motifs is 1. The summed E-state index contributed by atoms with van der Waals surface area (Å²) in [6.07, 6.45) is 7.80. The van der Waals surface area contributed by atoms with Crippen LogP contribution in [0.2, 0.25) is 0 Å². The Morgan fingerprint density at radius 1 is 1.33 bits per heavy atom. The smallest absolute Gasteiger partial charge is 0.405 e. The summed E-state index contributed by atoms with van der Waals surface area (Å²) in [5.74, 6) is 0.347. The first kappa shape index (κ1) is 24.9. The summed E-state index contributed by atoms with van der Waals surface area (Å²) in [5, 5.41) is 0. The molecule has 1 fully saturated rings. The molecular weight excluding hydrogens is 348 g/mol. The first-order chi connectivity index (χ1) is 12.3. The van der Waals surface area contributed by atoms with Gasteiger partial charge >= 0.3 is 6.09 Å². The molecule has 2 atom stereocenters. The highest BCUT2D eigenvalue weighted by Crippen LogP contribution is 2.33. The molecule has 0 aromatic rings. The van der Waals surface area contributed by atoms with Gasteiger partial charge in [-0.3, -0.25) is 9.59 Å². The Bertz CT molecular complexity index is 523. The van der Waals surface area contributed by atoms with Gasteiger partial charge in [0.15, 0.2) is 0 Å². The van der Waals surface area contributed by atoms with Gasteiger partial charge in [0.1, 0.15) is 5.60 Å². The van der Waals surface area contributed by atoms with E-state index in [4.69, 9.17) is 10.5 Å². The molecule has 0 bridgehead atoms. The van der Waals surface area contributed by atoms with Gasteiger partial charge in [-0.15, -0.1) is 0 Å². The molecule has 0 unspecified atom stereocenters. The van der Waals surface area contributed by atoms with Crippen molar-refractivity contribution in [1.29, 1.82) is 0 Å². The van der Waals surface area contributed by atoms with Crippen LogP contribution in [0.5, 0.6) is 0 Å². The molecule has 1 saturated heterocycles. The van der Waals surface area contributed by atoms with Crippen molar-refractivity contribution in [2.24, 2.45) is 11.1 Å². The van der Waals surface area contributed by atoms with Crippen LogP contribution in [0.1, 0.15) is 67.2 Å². The standard InChI is InChI=1S/C13H21NO.C5H11NO2.C2H4O2/c1-10-6-7-11-5-4-8-13(2,3)9-12(15)14(10)11;1-5(2,3)8-4(6)7;1-4-2-3/h4,8,10-11H,5-7,9H2,1-3H3;1-3H3,(H2,6,7);2H,1H3/b8-4-;;/t10-,11+;;/m1../s1. The fourth-order valence-electron chi connectivity index (χ4n) is 3.14. The van der Waals surface area contributed by atoms with E-state index < -0.39 is 11.7 Å². The second kappa shape index (κ2) is 10.9. The molecule has 0 aliphatic carbocycles. The molecule has 0 aromatic heterocycles. The summed E-state index contributed by atoms with van der Waals surface area (Å²) in [6, 6.07) is 0.921. The van der Waals surface area contributed by atoms with Crippen LogP contribution in [0.15, 0.2) is 12.2 Å². The van der Waals surface area contributed by atoms with Gasteiger partial charge in [-0.25, -0.2) is 4.79 Å². The fourth-order valence-corrected chi connectivity index (χ4v) is 3.14. The van der Waals surface area contributed by atoms with Crippen molar-refractivity contribution < 1.29 is 23.9 Å². The summed E-state index contributed by atoms with van der Waals surface area (Å²) >= 11 is 0. The highest BCUT2D eigenvalue weighted by Gasteiger charge is 2.36. The largest absolute Gasteiger partial charge is 0.471 e. The Balaban J connectivity index is 0.000000476. The number of hydrogen-bond donors (Lipinski definition) is 1. The predicted octanol–water partition coefficient (Wildman–Crippen LogP) is 3.41. The van der Waals surface area contributed by atoms with Crippen molar-refractivity contribution in [1.82, 2.24) is 4.90 Å². The molecule has 7 nitrogen and oxygen atoms in total. The van der Waals surface area contributed by atoms with E-state index in [1.807, 2.05) is 0 Å². The summed E-state index contributed by atoms with van der Waals surface area (Å²) < 4.78 is 8.44. The number of methoxy groups -OCH3 is 1. The van der Waals surface area contributed by atoms with E-state index in [-0.39, 0.29) is 5.41 Å². The number of carbonyl (C=O) groups is 3. The maximum atomic E-state index is 12.2. The van der Waals surface area contributed by atoms with Gasteiger partial charge in [-0.05, 0) is 52.4 Å². The SMILES string of the molecule is CC(C)(C)OC(N)=O.COC=O.C[C@@H]1CC[C@@H]2C/C=C\C(C)(C)CC(=O)N21. The zero-order valence-corrected chi connectivity index (χ0v) is 17.8. The molecule has 27 heavy (non-hydrogen) atoms. The van der Waals surface area contributed by atoms with Crippen molar-refractivity contribution in [2.75, 3.05) is 7.11 Å². The van der Waals surface area contributed by atoms with E-state index in [2.05, 4.69) is 47.3 Å². The summed E-state index contributed by atoms with van der Waals surface area (Å²) in [5.41, 5.74) is 4.30. The van der Waals surface area contributed by atoms with Gasteiger partial charge in [0.25, 0.3) is 6.47 Å². The van der Waals surface area contributed by atoms with E-state index in [9.17, 15) is 9.59 Å². The number of amides is 2. The number of hydrogen-bond acceptors (Lipinski definition) is 5. The van der Waals surface area contributed by atoms with Crippen LogP contribution in [0.25, 0.3) is 0 Å². The number of ether oxygens (including phenoxy) is 2. The molecule has 2 heterocycles. The molecule has 0 aromatic carbocycles. The summed E-state index contributed by atoms with van der Waals surface area (Å²) in [4.78, 5) is 33.3. The van der Waals surface area contributed by atoms with E-state index in [1.54, 1.807) is 20.8 Å². The van der Waals surface area contributed by atoms with Gasteiger partial charge in [-0.2, -0.15) is 0 Å². The second-order valence-corrected chi connectivity index (χ2v) is 8.55. The Morgan fingerprint density at radius 3 is 2.30 bits per heavy atom. The molecule has 2 amide bonds. The molecule has 7 heteroatoms. The maximum Gasteiger partial charge on any atom is 0.405 e. The number of primary amides is 1. The Kier molecular flexibility index (Phi) is 10.1. The fraction of sp³-hybridized carbons (Fsp3) is 0.750. The van der Waals surface area contributed by atoms with Crippen molar-refractivity contribution in [3.05, 3.63) is 12.2 Å². The molecular formula is C20H36N2O5. The lowest BCUT2D eigenvalue weighted by atomic mass is 9.86. The lowest BCUT2D eigenvalue weighted by molar-refractivity contribution is -0.135. The van der Waals surface area contributed by atoms with Crippen LogP contribution in [0.4, 0.5) is 4.79 Å². The molecule has 0 radical (unpaired) electrons. The normalized spacial score (nSPS) is 24.6. The van der Waals surface area contributed by atoms with Gasteiger partial charge < -0.3 is 20.1 Å². The topological polar surface area (TPSA) is 98.9 Å². The van der Waals surface area contributed by atoms with E-state index in [0.717, 1.165) is 6.42 Å². The Morgan fingerprint density at radius 2 is 1.89 bits per heavy atom. The quantitative estimate of drug-likeness (QED) is 0.552. The highest BCUT2D eigenvalue weighted by molar-refractivity contribution is 5.78. The van der Waals surface area contributed by atoms with E-state index >= 15 is 0 Å². The third-order valence-corrected chi connectivity index (χ3v) is 4.16. The number of nitrogens with zero attached hydrogens (tertiary/aromatic N) is 1. The van der Waals surface area contributed by atoms with Crippen LogP contribution in [0.3, 0.4) is 0 Å². The number of allylic oxidation sites excluding steroid dienone is 1. The summed E-state index contributed by atoms with van der Waals surface area (Å²) in [6.45, 7) is 12.1. The lowest BCUT2D eigenvalue weighted by Gasteiger charge is -2.33. The van der Waals surface area contributed by atoms with Gasteiger partial charge in [0.05, 0.1) is 7.11 Å². The monoisotopic (exact) mass is 384 g/mol. The molecule has 2 N–H and O–H groups in total. The highest BCUT2D eigenvalue weighted by atomic mass is 16.6. The first-order valence-corrected chi connectivity index (χ1v) is 9.26. The molecule has 2 aliphatic rings. The van der Waals surface area contributed by atoms with Crippen molar-refractivity contribution in [2.45, 2.75) is 84.9 Å². The molecule has 0 saturated carbocycles. The average molecular weight is 385 g/mol. The van der Waals surface area contributed by atoms with E-state index in [1.165, 1.54) is 20.0 Å². The van der Waals surface area contributed by atoms with Gasteiger partial charge in [0.2, 0.25) is 5.91 Å². The van der Waals surface area contributed by atoms with Gasteiger partial charge in [-0.1, -0.05) is 26.0 Å². The lowest BCUT2D eigenvalue weighted by Crippen LogP contribution is -2.42. The van der Waals surface area contributed by atoms with Crippen LogP contribution in [-0.2, 0) is 19.1 Å². The molecule has 2 aliphatic heterocycles. The molecule has 2 rings (SSSR count). The molecule has 0 spiro atoms. The number of carbonyl (C=O) groups excluding carboxylic acids is 3. The van der Waals surface area contributed by atoms with Gasteiger partial charge in [0, 0.05) is 18.5 Å². The zero-order valence-electron chi connectivity index (χ0n) is 17.8. The van der Waals surface area contributed by atoms with Crippen LogP contribution in [-0.4, -0.2) is 48.2 Å². The zero-order chi connectivity index (χ0) is 21.3. The maximum absolute atomic E-state index is 12.2. The van der Waals surface area contributed by atoms with Crippen LogP contribution < -0.4 is 5.73 Å². The third-order valence-electron chi connectivity index (χ3n) is 4.16. The van der Waals surface area contributed by atoms with Crippen molar-refractivity contribution in [3.8, 4) is 0 Å². The average Bonchev–Trinajstić information content (AvgIpc) is 2.84. The van der Waals surface area contributed by atoms with Crippen molar-refractivity contribution >= 4 is 18.5 Å². The van der Waals surface area contributed by atoms with E-state index in [0.29, 0.717) is 30.9 Å². The first-order valence-electron chi connectivity index (χ1n) is 9.26.